The summed E-state index contributed by atoms with van der Waals surface area (Å²) in [4.78, 5) is 13.3. The van der Waals surface area contributed by atoms with Crippen LogP contribution >= 0.6 is 86.9 Å². The Hall–Kier alpha value is 0.650. The van der Waals surface area contributed by atoms with Gasteiger partial charge in [0.25, 0.3) is 0 Å². The van der Waals surface area contributed by atoms with Crippen LogP contribution in [0.3, 0.4) is 0 Å². The molecule has 1 unspecified atom stereocenters. The fourth-order valence-corrected chi connectivity index (χ4v) is 5.31. The molecule has 0 amide bonds. The number of halogens is 10. The minimum atomic E-state index is -1.61. The van der Waals surface area contributed by atoms with Crippen molar-refractivity contribution < 1.29 is 27.1 Å². The highest BCUT2D eigenvalue weighted by Gasteiger charge is 2.67. The van der Waals surface area contributed by atoms with Gasteiger partial charge in [-0.3, -0.25) is 4.79 Å². The molecule has 0 heterocycles. The highest BCUT2D eigenvalue weighted by atomic mass is 79.9. The number of allylic oxidation sites excluding steroid dienone is 1. The largest absolute Gasteiger partial charge is 0.460 e. The molecule has 12 heteroatoms. The van der Waals surface area contributed by atoms with Gasteiger partial charge in [0.15, 0.2) is 26.5 Å². The Kier molecular flexibility index (Phi) is 8.85. The van der Waals surface area contributed by atoms with Gasteiger partial charge in [-0.25, -0.2) is 17.6 Å². The second-order valence-corrected chi connectivity index (χ2v) is 13.3. The van der Waals surface area contributed by atoms with Gasteiger partial charge in [-0.05, 0) is 32.2 Å². The molecule has 0 saturated heterocycles. The summed E-state index contributed by atoms with van der Waals surface area (Å²) in [7, 11) is 0. The zero-order valence-electron chi connectivity index (χ0n) is 15.3. The summed E-state index contributed by atoms with van der Waals surface area (Å²) >= 11 is 24.4. The SMILES string of the molecule is CC1(C)[C@H](C(Br)C(Cl)(Cl)Br)[C@@H]1C(=O)OCc1c(F)c(F)c(C/C(Br)=C\Br)c(F)c1F. The summed E-state index contributed by atoms with van der Waals surface area (Å²) < 4.78 is 61.2. The van der Waals surface area contributed by atoms with Crippen molar-refractivity contribution in [3.05, 3.63) is 43.9 Å². The maximum atomic E-state index is 14.4. The minimum absolute atomic E-state index is 0.270. The number of carbonyl (C=O) groups is 1. The van der Waals surface area contributed by atoms with Crippen LogP contribution in [-0.2, 0) is 22.6 Å². The molecule has 1 fully saturated rings. The van der Waals surface area contributed by atoms with Gasteiger partial charge in [0.2, 0.25) is 0 Å². The van der Waals surface area contributed by atoms with Gasteiger partial charge in [0, 0.05) is 16.5 Å². The van der Waals surface area contributed by atoms with Crippen LogP contribution in [-0.4, -0.2) is 14.0 Å². The second-order valence-electron chi connectivity index (χ2n) is 7.32. The predicted octanol–water partition coefficient (Wildman–Crippen LogP) is 8.02. The van der Waals surface area contributed by atoms with Crippen LogP contribution in [0.5, 0.6) is 0 Å². The van der Waals surface area contributed by atoms with Crippen molar-refractivity contribution in [3.8, 4) is 0 Å². The van der Waals surface area contributed by atoms with Crippen LogP contribution in [0.15, 0.2) is 9.47 Å². The van der Waals surface area contributed by atoms with Gasteiger partial charge in [-0.1, -0.05) is 84.8 Å². The van der Waals surface area contributed by atoms with Gasteiger partial charge in [-0.15, -0.1) is 0 Å². The number of rotatable bonds is 7. The summed E-state index contributed by atoms with van der Waals surface area (Å²) in [6, 6.07) is 0. The lowest BCUT2D eigenvalue weighted by molar-refractivity contribution is -0.147. The van der Waals surface area contributed by atoms with Crippen LogP contribution in [0.25, 0.3) is 0 Å². The average molecular weight is 729 g/mol. The first kappa shape index (κ1) is 26.9. The number of alkyl halides is 4. The van der Waals surface area contributed by atoms with Gasteiger partial charge in [0.1, 0.15) is 6.61 Å². The fraction of sp³-hybridized carbons (Fsp3) is 0.500. The number of ether oxygens (including phenoxy) is 1. The van der Waals surface area contributed by atoms with E-state index in [4.69, 9.17) is 27.9 Å². The molecule has 1 aliphatic rings. The van der Waals surface area contributed by atoms with Crippen LogP contribution < -0.4 is 0 Å². The van der Waals surface area contributed by atoms with Crippen molar-refractivity contribution in [2.24, 2.45) is 17.3 Å². The Morgan fingerprint density at radius 2 is 1.63 bits per heavy atom. The summed E-state index contributed by atoms with van der Waals surface area (Å²) in [5.41, 5.74) is -2.36. The Morgan fingerprint density at radius 3 is 2.07 bits per heavy atom. The molecule has 2 rings (SSSR count). The first-order valence-corrected chi connectivity index (χ1v) is 12.5. The molecule has 168 valence electrons. The quantitative estimate of drug-likeness (QED) is 0.123. The van der Waals surface area contributed by atoms with Crippen molar-refractivity contribution in [2.45, 2.75) is 34.9 Å². The molecule has 0 aromatic heterocycles. The zero-order chi connectivity index (χ0) is 23.2. The molecule has 1 aromatic rings. The van der Waals surface area contributed by atoms with Crippen molar-refractivity contribution in [3.63, 3.8) is 0 Å². The van der Waals surface area contributed by atoms with E-state index in [-0.39, 0.29) is 10.4 Å². The Bertz CT molecular complexity index is 861. The van der Waals surface area contributed by atoms with E-state index in [1.807, 2.05) is 0 Å². The molecule has 30 heavy (non-hydrogen) atoms. The summed E-state index contributed by atoms with van der Waals surface area (Å²) in [6.45, 7) is 2.58. The second kappa shape index (κ2) is 9.87. The van der Waals surface area contributed by atoms with Gasteiger partial charge in [0.05, 0.1) is 16.3 Å². The topological polar surface area (TPSA) is 26.3 Å². The maximum Gasteiger partial charge on any atom is 0.310 e. The molecule has 0 N–H and O–H groups in total. The van der Waals surface area contributed by atoms with E-state index in [0.29, 0.717) is 0 Å². The zero-order valence-corrected chi connectivity index (χ0v) is 23.2. The number of esters is 1. The first-order chi connectivity index (χ1) is 13.7. The maximum absolute atomic E-state index is 14.4. The van der Waals surface area contributed by atoms with Crippen molar-refractivity contribution >= 4 is 92.9 Å². The average Bonchev–Trinajstić information content (AvgIpc) is 3.23. The third-order valence-electron chi connectivity index (χ3n) is 5.06. The van der Waals surface area contributed by atoms with Crippen LogP contribution in [0.1, 0.15) is 25.0 Å². The smallest absolute Gasteiger partial charge is 0.310 e. The summed E-state index contributed by atoms with van der Waals surface area (Å²) in [6.07, 6.45) is -0.410. The Balaban J connectivity index is 2.21. The van der Waals surface area contributed by atoms with Crippen LogP contribution in [0, 0.1) is 40.5 Å². The number of carbonyl (C=O) groups excluding carboxylic acids is 1. The van der Waals surface area contributed by atoms with Gasteiger partial charge >= 0.3 is 5.97 Å². The molecule has 0 bridgehead atoms. The van der Waals surface area contributed by atoms with Crippen molar-refractivity contribution in [1.29, 1.82) is 0 Å². The van der Waals surface area contributed by atoms with E-state index in [1.54, 1.807) is 13.8 Å². The first-order valence-electron chi connectivity index (χ1n) is 8.32. The highest BCUT2D eigenvalue weighted by Crippen LogP contribution is 2.65. The standard InChI is InChI=1S/C18H14Br4Cl2F4O2/c1-17(2)9(15(21)18(22,23)24)10(17)16(29)30-5-8-13(27)11(25)7(3-6(20)4-19)12(26)14(8)28/h4,9-10,15H,3,5H2,1-2H3/b6-4+/t9-,10+,15?/m0/s1. The molecule has 1 aromatic carbocycles. The van der Waals surface area contributed by atoms with E-state index in [2.05, 4.69) is 63.7 Å². The van der Waals surface area contributed by atoms with Crippen molar-refractivity contribution in [1.82, 2.24) is 0 Å². The molecule has 2 nitrogen and oxygen atoms in total. The van der Waals surface area contributed by atoms with E-state index >= 15 is 0 Å². The lowest BCUT2D eigenvalue weighted by Gasteiger charge is -2.20. The fourth-order valence-electron chi connectivity index (χ4n) is 3.32. The highest BCUT2D eigenvalue weighted by molar-refractivity contribution is 9.14. The van der Waals surface area contributed by atoms with E-state index in [9.17, 15) is 22.4 Å². The summed E-state index contributed by atoms with van der Waals surface area (Å²) in [5.74, 6) is -8.15. The van der Waals surface area contributed by atoms with Gasteiger partial charge in [-0.2, -0.15) is 0 Å². The molecule has 1 aliphatic carbocycles. The van der Waals surface area contributed by atoms with E-state index in [1.165, 1.54) is 4.99 Å². The number of hydrogen-bond acceptors (Lipinski definition) is 2. The predicted molar refractivity (Wildman–Crippen MR) is 123 cm³/mol. The molecule has 0 radical (unpaired) electrons. The summed E-state index contributed by atoms with van der Waals surface area (Å²) in [5, 5.41) is 0. The lowest BCUT2D eigenvalue weighted by atomic mass is 10.1. The third kappa shape index (κ3) is 5.41. The molecule has 1 saturated carbocycles. The third-order valence-corrected chi connectivity index (χ3v) is 10.1. The van der Waals surface area contributed by atoms with Gasteiger partial charge < -0.3 is 4.74 Å². The molecular weight excluding hydrogens is 715 g/mol. The van der Waals surface area contributed by atoms with E-state index in [0.717, 1.165) is 0 Å². The number of benzene rings is 1. The normalized spacial score (nSPS) is 22.1. The number of hydrogen-bond donors (Lipinski definition) is 0. The van der Waals surface area contributed by atoms with Crippen LogP contribution in [0.4, 0.5) is 17.6 Å². The Morgan fingerprint density at radius 1 is 1.17 bits per heavy atom. The van der Waals surface area contributed by atoms with Crippen LogP contribution in [0.2, 0.25) is 0 Å². The molecule has 0 spiro atoms. The Labute approximate surface area is 214 Å². The van der Waals surface area contributed by atoms with Crippen molar-refractivity contribution in [2.75, 3.05) is 0 Å². The molecule has 0 aliphatic heterocycles. The molecule has 3 atom stereocenters. The molecular formula is C18H14Br4Cl2F4O2. The lowest BCUT2D eigenvalue weighted by Crippen LogP contribution is -2.23. The minimum Gasteiger partial charge on any atom is -0.460 e. The van der Waals surface area contributed by atoms with E-state index < -0.39 is 72.8 Å². The monoisotopic (exact) mass is 724 g/mol.